The lowest BCUT2D eigenvalue weighted by Gasteiger charge is -2.26. The summed E-state index contributed by atoms with van der Waals surface area (Å²) in [6, 6.07) is 4.21. The van der Waals surface area contributed by atoms with Crippen molar-refractivity contribution in [3.63, 3.8) is 0 Å². The SMILES string of the molecule is CNC1COCC1C(=O)C1CCCc2cccnc21. The summed E-state index contributed by atoms with van der Waals surface area (Å²) >= 11 is 0. The molecule has 4 nitrogen and oxygen atoms in total. The van der Waals surface area contributed by atoms with Crippen LogP contribution in [0.25, 0.3) is 0 Å². The summed E-state index contributed by atoms with van der Waals surface area (Å²) in [5, 5.41) is 3.19. The van der Waals surface area contributed by atoms with Crippen molar-refractivity contribution in [3.05, 3.63) is 29.6 Å². The molecule has 1 fully saturated rings. The number of nitrogens with zero attached hydrogens (tertiary/aromatic N) is 1. The smallest absolute Gasteiger partial charge is 0.148 e. The molecule has 1 N–H and O–H groups in total. The first kappa shape index (κ1) is 12.8. The van der Waals surface area contributed by atoms with E-state index in [1.807, 2.05) is 13.1 Å². The number of aromatic nitrogens is 1. The Morgan fingerprint density at radius 3 is 3.21 bits per heavy atom. The molecule has 1 aromatic rings. The number of carbonyl (C=O) groups is 1. The third kappa shape index (κ3) is 2.30. The van der Waals surface area contributed by atoms with Gasteiger partial charge >= 0.3 is 0 Å². The number of Topliss-reactive ketones (excluding diaryl/α,β-unsaturated/α-hetero) is 1. The Kier molecular flexibility index (Phi) is 3.62. The van der Waals surface area contributed by atoms with Crippen molar-refractivity contribution in [2.45, 2.75) is 31.2 Å². The molecule has 1 saturated heterocycles. The van der Waals surface area contributed by atoms with E-state index < -0.39 is 0 Å². The van der Waals surface area contributed by atoms with Gasteiger partial charge in [0.25, 0.3) is 0 Å². The normalized spacial score (nSPS) is 30.1. The van der Waals surface area contributed by atoms with Crippen LogP contribution in [0.15, 0.2) is 18.3 Å². The van der Waals surface area contributed by atoms with Gasteiger partial charge in [0.2, 0.25) is 0 Å². The van der Waals surface area contributed by atoms with Crippen LogP contribution in [0.5, 0.6) is 0 Å². The fourth-order valence-corrected chi connectivity index (χ4v) is 3.26. The second-order valence-electron chi connectivity index (χ2n) is 5.43. The van der Waals surface area contributed by atoms with E-state index >= 15 is 0 Å². The van der Waals surface area contributed by atoms with E-state index in [0.29, 0.717) is 19.0 Å². The molecule has 0 radical (unpaired) electrons. The molecule has 0 aromatic carbocycles. The first-order valence-electron chi connectivity index (χ1n) is 7.03. The number of ether oxygens (including phenoxy) is 1. The third-order valence-electron chi connectivity index (χ3n) is 4.36. The van der Waals surface area contributed by atoms with Crippen LogP contribution in [0.4, 0.5) is 0 Å². The summed E-state index contributed by atoms with van der Waals surface area (Å²) in [5.41, 5.74) is 2.24. The maximum atomic E-state index is 12.8. The molecule has 1 aromatic heterocycles. The van der Waals surface area contributed by atoms with Gasteiger partial charge in [-0.15, -0.1) is 0 Å². The second-order valence-corrected chi connectivity index (χ2v) is 5.43. The Morgan fingerprint density at radius 2 is 2.37 bits per heavy atom. The largest absolute Gasteiger partial charge is 0.379 e. The minimum Gasteiger partial charge on any atom is -0.379 e. The molecule has 19 heavy (non-hydrogen) atoms. The zero-order chi connectivity index (χ0) is 13.2. The fraction of sp³-hybridized carbons (Fsp3) is 0.600. The van der Waals surface area contributed by atoms with Crippen molar-refractivity contribution in [2.75, 3.05) is 20.3 Å². The predicted octanol–water partition coefficient (Wildman–Crippen LogP) is 1.30. The zero-order valence-corrected chi connectivity index (χ0v) is 11.3. The van der Waals surface area contributed by atoms with E-state index in [2.05, 4.69) is 16.4 Å². The molecule has 2 aliphatic rings. The second kappa shape index (κ2) is 5.39. The number of pyridine rings is 1. The van der Waals surface area contributed by atoms with E-state index in [4.69, 9.17) is 4.74 Å². The Labute approximate surface area is 113 Å². The number of hydrogen-bond acceptors (Lipinski definition) is 4. The standard InChI is InChI=1S/C15H20N2O2/c1-16-13-9-19-8-12(13)15(18)11-6-2-4-10-5-3-7-17-14(10)11/h3,5,7,11-13,16H,2,4,6,8-9H2,1H3. The van der Waals surface area contributed by atoms with Crippen molar-refractivity contribution in [3.8, 4) is 0 Å². The van der Waals surface area contributed by atoms with Crippen LogP contribution in [0, 0.1) is 5.92 Å². The van der Waals surface area contributed by atoms with Gasteiger partial charge in [0.1, 0.15) is 5.78 Å². The predicted molar refractivity (Wildman–Crippen MR) is 72.1 cm³/mol. The van der Waals surface area contributed by atoms with E-state index in [9.17, 15) is 4.79 Å². The number of nitrogens with one attached hydrogen (secondary N) is 1. The third-order valence-corrected chi connectivity index (χ3v) is 4.36. The molecule has 2 heterocycles. The number of ketones is 1. The molecule has 3 rings (SSSR count). The summed E-state index contributed by atoms with van der Waals surface area (Å²) < 4.78 is 5.46. The van der Waals surface area contributed by atoms with E-state index in [1.54, 1.807) is 6.20 Å². The molecule has 0 spiro atoms. The van der Waals surface area contributed by atoms with Crippen LogP contribution in [0.1, 0.15) is 30.0 Å². The number of aryl methyl sites for hydroxylation is 1. The molecular formula is C15H20N2O2. The Morgan fingerprint density at radius 1 is 1.47 bits per heavy atom. The first-order valence-corrected chi connectivity index (χ1v) is 7.03. The van der Waals surface area contributed by atoms with Crippen LogP contribution < -0.4 is 5.32 Å². The monoisotopic (exact) mass is 260 g/mol. The minimum absolute atomic E-state index is 0.0250. The highest BCUT2D eigenvalue weighted by Crippen LogP contribution is 2.34. The van der Waals surface area contributed by atoms with Crippen LogP contribution in [-0.2, 0) is 16.0 Å². The molecule has 4 heteroatoms. The average Bonchev–Trinajstić information content (AvgIpc) is 2.94. The van der Waals surface area contributed by atoms with Crippen molar-refractivity contribution >= 4 is 5.78 Å². The van der Waals surface area contributed by atoms with Crippen molar-refractivity contribution in [1.29, 1.82) is 0 Å². The number of carbonyl (C=O) groups excluding carboxylic acids is 1. The van der Waals surface area contributed by atoms with Gasteiger partial charge in [0.15, 0.2) is 0 Å². The lowest BCUT2D eigenvalue weighted by Crippen LogP contribution is -2.39. The van der Waals surface area contributed by atoms with E-state index in [0.717, 1.165) is 25.0 Å². The highest BCUT2D eigenvalue weighted by Gasteiger charge is 2.39. The minimum atomic E-state index is -0.0347. The number of fused-ring (bicyclic) bond motifs is 1. The highest BCUT2D eigenvalue weighted by molar-refractivity contribution is 5.89. The Hall–Kier alpha value is -1.26. The molecule has 0 saturated carbocycles. The van der Waals surface area contributed by atoms with Crippen molar-refractivity contribution in [1.82, 2.24) is 10.3 Å². The number of hydrogen-bond donors (Lipinski definition) is 1. The van der Waals surface area contributed by atoms with Crippen LogP contribution in [0.3, 0.4) is 0 Å². The summed E-state index contributed by atoms with van der Waals surface area (Å²) in [6.45, 7) is 1.18. The van der Waals surface area contributed by atoms with Crippen LogP contribution in [-0.4, -0.2) is 37.1 Å². The molecule has 0 amide bonds. The summed E-state index contributed by atoms with van der Waals surface area (Å²) in [4.78, 5) is 17.2. The molecule has 1 aliphatic carbocycles. The van der Waals surface area contributed by atoms with E-state index in [1.165, 1.54) is 5.56 Å². The fourth-order valence-electron chi connectivity index (χ4n) is 3.26. The maximum Gasteiger partial charge on any atom is 0.148 e. The van der Waals surface area contributed by atoms with Gasteiger partial charge < -0.3 is 10.1 Å². The number of rotatable bonds is 3. The van der Waals surface area contributed by atoms with Gasteiger partial charge in [-0.25, -0.2) is 0 Å². The van der Waals surface area contributed by atoms with Gasteiger partial charge in [-0.05, 0) is 37.9 Å². The maximum absolute atomic E-state index is 12.8. The van der Waals surface area contributed by atoms with Gasteiger partial charge in [0.05, 0.1) is 30.7 Å². The Bertz CT molecular complexity index is 475. The zero-order valence-electron chi connectivity index (χ0n) is 11.3. The van der Waals surface area contributed by atoms with Gasteiger partial charge in [-0.2, -0.15) is 0 Å². The summed E-state index contributed by atoms with van der Waals surface area (Å²) in [6.07, 6.45) is 4.84. The van der Waals surface area contributed by atoms with Crippen molar-refractivity contribution in [2.24, 2.45) is 5.92 Å². The molecule has 0 bridgehead atoms. The first-order chi connectivity index (χ1) is 9.31. The summed E-state index contributed by atoms with van der Waals surface area (Å²) in [5.74, 6) is 0.243. The van der Waals surface area contributed by atoms with Gasteiger partial charge in [-0.3, -0.25) is 9.78 Å². The van der Waals surface area contributed by atoms with E-state index in [-0.39, 0.29) is 17.9 Å². The molecule has 102 valence electrons. The molecular weight excluding hydrogens is 240 g/mol. The lowest BCUT2D eigenvalue weighted by atomic mass is 9.79. The topological polar surface area (TPSA) is 51.2 Å². The summed E-state index contributed by atoms with van der Waals surface area (Å²) in [7, 11) is 1.90. The quantitative estimate of drug-likeness (QED) is 0.890. The van der Waals surface area contributed by atoms with Crippen molar-refractivity contribution < 1.29 is 9.53 Å². The molecule has 3 atom stereocenters. The molecule has 3 unspecified atom stereocenters. The molecule has 1 aliphatic heterocycles. The van der Waals surface area contributed by atoms with Crippen LogP contribution in [0.2, 0.25) is 0 Å². The number of likely N-dealkylation sites (N-methyl/N-ethyl adjacent to an activating group) is 1. The van der Waals surface area contributed by atoms with Gasteiger partial charge in [-0.1, -0.05) is 6.07 Å². The lowest BCUT2D eigenvalue weighted by molar-refractivity contribution is -0.125. The average molecular weight is 260 g/mol. The Balaban J connectivity index is 1.85. The van der Waals surface area contributed by atoms with Crippen LogP contribution >= 0.6 is 0 Å². The highest BCUT2D eigenvalue weighted by atomic mass is 16.5. The van der Waals surface area contributed by atoms with Gasteiger partial charge in [0, 0.05) is 12.2 Å².